The number of rotatable bonds is 26. The Labute approximate surface area is 456 Å². The van der Waals surface area contributed by atoms with Crippen LogP contribution in [0.15, 0.2) is 6.20 Å². The quantitative estimate of drug-likeness (QED) is 0.0178. The molecular weight excluding hydrogens is 1060 g/mol. The monoisotopic (exact) mass is 1130 g/mol. The molecule has 4 fully saturated rings. The van der Waals surface area contributed by atoms with Crippen molar-refractivity contribution in [3.8, 4) is 0 Å². The molecular formula is C43H71N6NaO23S2. The SMILES string of the molecule is [CH2-]CC(COS(=O)(=O)O)(COS(=O)(=O)O)Cn1cc(C(=O)NCCNC(=O)C2CC(CC)[C@@H](O[C@@H]3OC(C)[C@@H](O)[C@H](O)C3O)[C@H](O[C@@H]3O[C@@H](CO)[C@H](O)C(O[C@@H](CC4CCCCC4)C(=O)O)C3NC(C)=O)C2)nn1.[Na+]. The van der Waals surface area contributed by atoms with Gasteiger partial charge in [-0.15, -0.1) is 5.10 Å². The van der Waals surface area contributed by atoms with E-state index in [0.29, 0.717) is 6.42 Å². The van der Waals surface area contributed by atoms with Crippen LogP contribution in [0, 0.1) is 30.1 Å². The Kier molecular flexibility index (Phi) is 25.1. The van der Waals surface area contributed by atoms with Crippen LogP contribution in [0.2, 0.25) is 0 Å². The van der Waals surface area contributed by atoms with Crippen molar-refractivity contribution in [2.24, 2.45) is 23.2 Å². The molecule has 0 radical (unpaired) electrons. The van der Waals surface area contributed by atoms with Gasteiger partial charge in [-0.2, -0.15) is 23.3 Å². The third-order valence-corrected chi connectivity index (χ3v) is 14.7. The molecule has 1 aromatic rings. The van der Waals surface area contributed by atoms with Crippen LogP contribution >= 0.6 is 0 Å². The van der Waals surface area contributed by atoms with Gasteiger partial charge in [-0.1, -0.05) is 50.7 Å². The number of amides is 3. The van der Waals surface area contributed by atoms with E-state index in [9.17, 15) is 66.7 Å². The van der Waals surface area contributed by atoms with Crippen LogP contribution in [0.1, 0.15) is 95.5 Å². The van der Waals surface area contributed by atoms with Crippen LogP contribution in [0.5, 0.6) is 0 Å². The first-order chi connectivity index (χ1) is 34.8. The van der Waals surface area contributed by atoms with Gasteiger partial charge in [0.15, 0.2) is 24.4 Å². The molecule has 5 rings (SSSR count). The van der Waals surface area contributed by atoms with E-state index in [1.807, 2.05) is 0 Å². The number of nitrogens with one attached hydrogen (secondary N) is 3. The minimum atomic E-state index is -5.02. The molecule has 15 atom stereocenters. The van der Waals surface area contributed by atoms with E-state index in [2.05, 4.69) is 41.6 Å². The van der Waals surface area contributed by atoms with Crippen LogP contribution in [0.3, 0.4) is 0 Å². The van der Waals surface area contributed by atoms with Crippen molar-refractivity contribution in [1.29, 1.82) is 0 Å². The molecule has 424 valence electrons. The summed E-state index contributed by atoms with van der Waals surface area (Å²) in [6.45, 7) is 4.76. The molecule has 0 aromatic carbocycles. The Morgan fingerprint density at radius 1 is 0.893 bits per heavy atom. The Bertz CT molecular complexity index is 2210. The van der Waals surface area contributed by atoms with Crippen LogP contribution in [-0.4, -0.2) is 208 Å². The number of ether oxygens (including phenoxy) is 5. The zero-order valence-corrected chi connectivity index (χ0v) is 45.8. The number of hydrogen-bond donors (Lipinski definition) is 11. The van der Waals surface area contributed by atoms with Crippen molar-refractivity contribution in [3.63, 3.8) is 0 Å². The van der Waals surface area contributed by atoms with Gasteiger partial charge in [0.25, 0.3) is 5.91 Å². The fourth-order valence-electron chi connectivity index (χ4n) is 9.75. The molecule has 29 nitrogen and oxygen atoms in total. The van der Waals surface area contributed by atoms with Crippen molar-refractivity contribution in [2.45, 2.75) is 171 Å². The molecule has 3 heterocycles. The normalized spacial score (nSPS) is 31.4. The molecule has 0 bridgehead atoms. The van der Waals surface area contributed by atoms with Crippen molar-refractivity contribution in [2.75, 3.05) is 32.9 Å². The van der Waals surface area contributed by atoms with Crippen LogP contribution in [-0.2, 0) is 73.8 Å². The van der Waals surface area contributed by atoms with Crippen LogP contribution < -0.4 is 45.5 Å². The minimum absolute atomic E-state index is 0. The molecule has 3 amide bonds. The first kappa shape index (κ1) is 64.9. The van der Waals surface area contributed by atoms with Crippen molar-refractivity contribution in [3.05, 3.63) is 18.8 Å². The number of nitrogens with zero attached hydrogens (tertiary/aromatic N) is 3. The molecule has 4 aliphatic rings. The number of aliphatic hydroxyl groups is 5. The van der Waals surface area contributed by atoms with Gasteiger partial charge in [-0.05, 0) is 38.0 Å². The Hall–Kier alpha value is -2.64. The average Bonchev–Trinajstić information content (AvgIpc) is 3.82. The maximum absolute atomic E-state index is 14.0. The number of carboxylic acids is 1. The van der Waals surface area contributed by atoms with E-state index >= 15 is 0 Å². The molecule has 2 saturated carbocycles. The molecule has 11 N–H and O–H groups in total. The third kappa shape index (κ3) is 18.7. The number of aromatic nitrogens is 3. The molecule has 2 aliphatic heterocycles. The van der Waals surface area contributed by atoms with E-state index in [0.717, 1.165) is 43.0 Å². The number of carbonyl (C=O) groups excluding carboxylic acids is 3. The zero-order chi connectivity index (χ0) is 54.7. The fourth-order valence-corrected chi connectivity index (χ4v) is 10.5. The molecule has 0 spiro atoms. The second kappa shape index (κ2) is 29.0. The van der Waals surface area contributed by atoms with Gasteiger partial charge in [-0.25, -0.2) is 13.2 Å². The van der Waals surface area contributed by atoms with Gasteiger partial charge in [0.05, 0.1) is 50.9 Å². The smallest absolute Gasteiger partial charge is 0.479 e. The third-order valence-electron chi connectivity index (χ3n) is 13.9. The average molecular weight is 1130 g/mol. The van der Waals surface area contributed by atoms with E-state index in [1.165, 1.54) is 13.8 Å². The van der Waals surface area contributed by atoms with Gasteiger partial charge in [0, 0.05) is 31.3 Å². The summed E-state index contributed by atoms with van der Waals surface area (Å²) in [6, 6.07) is -1.41. The van der Waals surface area contributed by atoms with Crippen molar-refractivity contribution < 1.29 is 137 Å². The largest absolute Gasteiger partial charge is 1.00 e. The number of aliphatic carboxylic acids is 1. The summed E-state index contributed by atoms with van der Waals surface area (Å²) in [4.78, 5) is 52.5. The predicted octanol–water partition coefficient (Wildman–Crippen LogP) is -5.60. The van der Waals surface area contributed by atoms with E-state index in [1.54, 1.807) is 6.92 Å². The van der Waals surface area contributed by atoms with Gasteiger partial charge in [0.1, 0.15) is 42.7 Å². The Balaban J connectivity index is 0.0000122. The van der Waals surface area contributed by atoms with Gasteiger partial charge >= 0.3 is 56.3 Å². The maximum Gasteiger partial charge on any atom is 1.00 e. The van der Waals surface area contributed by atoms with Gasteiger partial charge in [-0.3, -0.25) is 28.2 Å². The van der Waals surface area contributed by atoms with Gasteiger partial charge < -0.3 is 77.2 Å². The summed E-state index contributed by atoms with van der Waals surface area (Å²) in [5.74, 6) is -4.65. The number of hydrogen-bond acceptors (Lipinski definition) is 22. The molecule has 32 heteroatoms. The first-order valence-corrected chi connectivity index (χ1v) is 27.1. The summed E-state index contributed by atoms with van der Waals surface area (Å²) >= 11 is 0. The molecule has 75 heavy (non-hydrogen) atoms. The number of aliphatic hydroxyl groups excluding tert-OH is 5. The van der Waals surface area contributed by atoms with Crippen molar-refractivity contribution in [1.82, 2.24) is 30.9 Å². The number of carbonyl (C=O) groups is 4. The fraction of sp³-hybridized carbons (Fsp3) is 0.837. The second-order valence-electron chi connectivity index (χ2n) is 19.4. The summed E-state index contributed by atoms with van der Waals surface area (Å²) in [5, 5.41) is 79.8. The predicted molar refractivity (Wildman–Crippen MR) is 248 cm³/mol. The zero-order valence-electron chi connectivity index (χ0n) is 42.2. The summed E-state index contributed by atoms with van der Waals surface area (Å²) in [5.41, 5.74) is -1.93. The van der Waals surface area contributed by atoms with Crippen LogP contribution in [0.4, 0.5) is 0 Å². The summed E-state index contributed by atoms with van der Waals surface area (Å²) in [7, 11) is -10.0. The van der Waals surface area contributed by atoms with E-state index in [4.69, 9.17) is 32.8 Å². The Morgan fingerprint density at radius 3 is 2.11 bits per heavy atom. The topological polar surface area (TPSA) is 430 Å². The first-order valence-electron chi connectivity index (χ1n) is 24.4. The summed E-state index contributed by atoms with van der Waals surface area (Å²) < 4.78 is 104. The van der Waals surface area contributed by atoms with Crippen LogP contribution in [0.25, 0.3) is 0 Å². The van der Waals surface area contributed by atoms with Gasteiger partial charge in [0.2, 0.25) is 11.8 Å². The van der Waals surface area contributed by atoms with Crippen molar-refractivity contribution >= 4 is 44.5 Å². The standard InChI is InChI=1S/C43H71N6O23S2.Na/c1-5-25-15-26(38(56)44-12-13-45-39(57)27-17-49(48-47-27)19-43(6-2,20-66-73(60,61)62)21-67-74(63,64)65)16-28(36(25)72-42-35(55)34(54)32(52)22(3)68-42)70-41-31(46-23(4)51)37(33(53)30(18-50)71-41)69-29(40(58)59)14-24-10-8-7-9-11-24;/h17,22,24-26,28-37,41-42,50,52-55H,2,5-16,18-21H2,1,3-4H3,(H,44,56)(H,45,57)(H,46,51)(H,58,59)(H,60,61,62)(H,63,64,65);/q-1;+1/t22?,25?,26?,28-,29+,30+,31?,32-,33+,34+,35?,36-,37?,41-,42+;/m1./s1. The second-order valence-corrected chi connectivity index (χ2v) is 21.6. The molecule has 6 unspecified atom stereocenters. The van der Waals surface area contributed by atoms with E-state index < -0.39 is 168 Å². The number of carboxylic acid groups (broad SMARTS) is 1. The molecule has 1 aromatic heterocycles. The summed E-state index contributed by atoms with van der Waals surface area (Å²) in [6.07, 6.45) is -11.6. The van der Waals surface area contributed by atoms with E-state index in [-0.39, 0.29) is 79.9 Å². The molecule has 2 aliphatic carbocycles. The minimum Gasteiger partial charge on any atom is -0.479 e. The Morgan fingerprint density at radius 2 is 1.53 bits per heavy atom. The molecule has 2 saturated heterocycles. The maximum atomic E-state index is 14.0.